The number of hydrogen-bond donors (Lipinski definition) is 2. The highest BCUT2D eigenvalue weighted by atomic mass is 16.5. The average Bonchev–Trinajstić information content (AvgIpc) is 3.40. The Morgan fingerprint density at radius 1 is 0.559 bits per heavy atom. The molecule has 34 heavy (non-hydrogen) atoms. The van der Waals surface area contributed by atoms with Gasteiger partial charge in [-0.3, -0.25) is 21.4 Å². The summed E-state index contributed by atoms with van der Waals surface area (Å²) < 4.78 is 13.9. The van der Waals surface area contributed by atoms with Crippen LogP contribution in [-0.2, 0) is 38.8 Å². The minimum Gasteiger partial charge on any atom is -0.487 e. The molecule has 0 radical (unpaired) electrons. The molecule has 0 amide bonds. The summed E-state index contributed by atoms with van der Waals surface area (Å²) in [5.74, 6) is 0. The van der Waals surface area contributed by atoms with Gasteiger partial charge in [0, 0.05) is 25.7 Å². The second-order valence-electron chi connectivity index (χ2n) is 8.53. The summed E-state index contributed by atoms with van der Waals surface area (Å²) >= 11 is 0. The van der Waals surface area contributed by atoms with Crippen LogP contribution in [0.25, 0.3) is 0 Å². The van der Waals surface area contributed by atoms with Crippen LogP contribution < -0.4 is 31.0 Å². The Morgan fingerprint density at radius 3 is 1.38 bits per heavy atom. The number of aryl methyl sites for hydroxylation is 4. The standard InChI is InChI=1S/C26H32N6O2/c27-25-23(31(29-33-25)19-9-7-15-21-11-3-1-4-12-21)17-18-24-26(28)34-30-32(24)20-10-8-16-22-13-5-2-6-14-22/h1-6,11-14,27-28H,7-10,15-20H2. The lowest BCUT2D eigenvalue weighted by Crippen LogP contribution is -2.45. The molecule has 0 unspecified atom stereocenters. The van der Waals surface area contributed by atoms with E-state index in [4.69, 9.17) is 19.9 Å². The van der Waals surface area contributed by atoms with Crippen molar-refractivity contribution >= 4 is 0 Å². The van der Waals surface area contributed by atoms with Crippen LogP contribution in [0.1, 0.15) is 48.2 Å². The van der Waals surface area contributed by atoms with Gasteiger partial charge in [-0.25, -0.2) is 9.36 Å². The van der Waals surface area contributed by atoms with Crippen LogP contribution in [0.5, 0.6) is 0 Å². The van der Waals surface area contributed by atoms with Gasteiger partial charge in [0.05, 0.1) is 0 Å². The van der Waals surface area contributed by atoms with E-state index in [0.29, 0.717) is 25.9 Å². The Kier molecular flexibility index (Phi) is 8.27. The fourth-order valence-electron chi connectivity index (χ4n) is 4.16. The van der Waals surface area contributed by atoms with E-state index >= 15 is 0 Å². The molecule has 4 aromatic rings. The first-order chi connectivity index (χ1) is 16.7. The lowest BCUT2D eigenvalue weighted by molar-refractivity contribution is -0.777. The van der Waals surface area contributed by atoms with Gasteiger partial charge < -0.3 is 9.05 Å². The molecule has 0 aliphatic heterocycles. The number of nitrogens with one attached hydrogen (secondary N) is 2. The molecule has 0 spiro atoms. The van der Waals surface area contributed by atoms with E-state index in [9.17, 15) is 0 Å². The molecule has 8 nitrogen and oxygen atoms in total. The fourth-order valence-corrected chi connectivity index (χ4v) is 4.16. The molecule has 2 aromatic carbocycles. The van der Waals surface area contributed by atoms with Gasteiger partial charge >= 0.3 is 0 Å². The van der Waals surface area contributed by atoms with Crippen LogP contribution in [0, 0.1) is 10.8 Å². The second kappa shape index (κ2) is 12.0. The zero-order chi connectivity index (χ0) is 23.6. The Bertz CT molecular complexity index is 1150. The van der Waals surface area contributed by atoms with Gasteiger partial charge in [-0.05, 0) is 36.8 Å². The van der Waals surface area contributed by atoms with E-state index < -0.39 is 0 Å². The van der Waals surface area contributed by atoms with Gasteiger partial charge in [0.1, 0.15) is 13.1 Å². The molecule has 0 saturated carbocycles. The fraction of sp³-hybridized carbons (Fsp3) is 0.385. The van der Waals surface area contributed by atoms with Crippen molar-refractivity contribution in [3.63, 3.8) is 0 Å². The summed E-state index contributed by atoms with van der Waals surface area (Å²) in [7, 11) is 0. The molecule has 2 heterocycles. The molecule has 2 N–H and O–H groups in total. The summed E-state index contributed by atoms with van der Waals surface area (Å²) in [6.07, 6.45) is 7.15. The Labute approximate surface area is 198 Å². The van der Waals surface area contributed by atoms with Crippen molar-refractivity contribution < 1.29 is 18.4 Å². The highest BCUT2D eigenvalue weighted by Gasteiger charge is 2.18. The van der Waals surface area contributed by atoms with Crippen LogP contribution in [0.3, 0.4) is 0 Å². The molecule has 0 bridgehead atoms. The number of unbranched alkanes of at least 4 members (excludes halogenated alkanes) is 2. The molecule has 0 saturated heterocycles. The first-order valence-corrected chi connectivity index (χ1v) is 12.0. The van der Waals surface area contributed by atoms with Gasteiger partial charge in [0.2, 0.25) is 11.4 Å². The van der Waals surface area contributed by atoms with Crippen LogP contribution in [0.15, 0.2) is 69.7 Å². The minimum atomic E-state index is 0.0838. The maximum Gasteiger partial charge on any atom is 0.268 e. The molecule has 178 valence electrons. The maximum atomic E-state index is 8.12. The molecular weight excluding hydrogens is 428 g/mol. The number of benzene rings is 2. The van der Waals surface area contributed by atoms with Crippen LogP contribution in [0.2, 0.25) is 0 Å². The average molecular weight is 461 g/mol. The molecule has 2 aromatic heterocycles. The number of nitrogens with zero attached hydrogens (tertiary/aromatic N) is 4. The first kappa shape index (κ1) is 23.5. The SMILES string of the molecule is N=c1o[n-][n+](CCCCc2ccccc2)c1CCc1c(=N)o[n-][n+]1CCCCc1ccccc1. The van der Waals surface area contributed by atoms with Crippen molar-refractivity contribution in [2.24, 2.45) is 0 Å². The van der Waals surface area contributed by atoms with E-state index in [2.05, 4.69) is 59.1 Å². The van der Waals surface area contributed by atoms with E-state index in [1.165, 1.54) is 11.1 Å². The summed E-state index contributed by atoms with van der Waals surface area (Å²) in [5, 5.41) is 24.3. The highest BCUT2D eigenvalue weighted by Crippen LogP contribution is 2.05. The molecule has 0 aliphatic carbocycles. The van der Waals surface area contributed by atoms with Gasteiger partial charge in [0.25, 0.3) is 11.1 Å². The second-order valence-corrected chi connectivity index (χ2v) is 8.53. The Morgan fingerprint density at radius 2 is 0.971 bits per heavy atom. The molecule has 0 fully saturated rings. The monoisotopic (exact) mass is 460 g/mol. The van der Waals surface area contributed by atoms with Gasteiger partial charge in [0.15, 0.2) is 0 Å². The first-order valence-electron chi connectivity index (χ1n) is 12.0. The summed E-state index contributed by atoms with van der Waals surface area (Å²) in [6, 6.07) is 20.9. The van der Waals surface area contributed by atoms with Crippen molar-refractivity contribution in [3.8, 4) is 0 Å². The van der Waals surface area contributed by atoms with Crippen molar-refractivity contribution in [2.75, 3.05) is 0 Å². The molecular formula is C26H32N6O2. The lowest BCUT2D eigenvalue weighted by atomic mass is 10.1. The molecule has 0 atom stereocenters. The quantitative estimate of drug-likeness (QED) is 0.235. The normalized spacial score (nSPS) is 11.2. The van der Waals surface area contributed by atoms with Crippen LogP contribution >= 0.6 is 0 Å². The van der Waals surface area contributed by atoms with Crippen molar-refractivity contribution in [3.05, 3.63) is 94.3 Å². The smallest absolute Gasteiger partial charge is 0.268 e. The number of hydrogen-bond acceptors (Lipinski definition) is 4. The Balaban J connectivity index is 1.28. The van der Waals surface area contributed by atoms with E-state index in [-0.39, 0.29) is 11.1 Å². The van der Waals surface area contributed by atoms with Crippen molar-refractivity contribution in [1.82, 2.24) is 10.5 Å². The Hall–Kier alpha value is -3.68. The third kappa shape index (κ3) is 6.43. The van der Waals surface area contributed by atoms with E-state index in [1.807, 2.05) is 12.1 Å². The third-order valence-electron chi connectivity index (χ3n) is 6.06. The predicted molar refractivity (Wildman–Crippen MR) is 122 cm³/mol. The number of rotatable bonds is 13. The van der Waals surface area contributed by atoms with E-state index in [1.54, 1.807) is 9.36 Å². The largest absolute Gasteiger partial charge is 0.487 e. The summed E-state index contributed by atoms with van der Waals surface area (Å²) in [4.78, 5) is 0. The lowest BCUT2D eigenvalue weighted by Gasteiger charge is -2.04. The number of aromatic nitrogens is 4. The molecule has 0 aliphatic rings. The van der Waals surface area contributed by atoms with Crippen molar-refractivity contribution in [2.45, 2.75) is 64.5 Å². The van der Waals surface area contributed by atoms with Crippen LogP contribution in [0.4, 0.5) is 0 Å². The minimum absolute atomic E-state index is 0.0838. The van der Waals surface area contributed by atoms with E-state index in [0.717, 1.165) is 49.9 Å². The topological polar surface area (TPSA) is 110 Å². The summed E-state index contributed by atoms with van der Waals surface area (Å²) in [5.41, 5.74) is 4.32. The zero-order valence-corrected chi connectivity index (χ0v) is 19.4. The predicted octanol–water partition coefficient (Wildman–Crippen LogP) is 2.15. The molecule has 4 rings (SSSR count). The van der Waals surface area contributed by atoms with Crippen molar-refractivity contribution in [1.29, 1.82) is 10.8 Å². The third-order valence-corrected chi connectivity index (χ3v) is 6.06. The summed E-state index contributed by atoms with van der Waals surface area (Å²) in [6.45, 7) is 1.42. The van der Waals surface area contributed by atoms with Gasteiger partial charge in [-0.15, -0.1) is 0 Å². The molecule has 8 heteroatoms. The highest BCUT2D eigenvalue weighted by molar-refractivity contribution is 5.15. The maximum absolute atomic E-state index is 8.12. The zero-order valence-electron chi connectivity index (χ0n) is 19.4. The van der Waals surface area contributed by atoms with Crippen LogP contribution in [-0.4, -0.2) is 0 Å². The van der Waals surface area contributed by atoms with Gasteiger partial charge in [-0.1, -0.05) is 60.7 Å². The van der Waals surface area contributed by atoms with Gasteiger partial charge in [-0.2, -0.15) is 0 Å².